The van der Waals surface area contributed by atoms with Gasteiger partial charge in [-0.05, 0) is 55.4 Å². The van der Waals surface area contributed by atoms with Crippen LogP contribution in [-0.2, 0) is 0 Å². The van der Waals surface area contributed by atoms with Crippen LogP contribution < -0.4 is 4.90 Å². The number of hydrogen-bond donors (Lipinski definition) is 0. The van der Waals surface area contributed by atoms with Crippen LogP contribution in [0.1, 0.15) is 37.8 Å². The average molecular weight is 312 g/mol. The number of aryl methyl sites for hydroxylation is 2. The first-order valence-electron chi connectivity index (χ1n) is 6.81. The molecule has 0 bridgehead atoms. The fraction of sp³-hybridized carbons (Fsp3) is 0.625. The molecular weight excluding hydrogens is 286 g/mol. The molecule has 102 valence electrons. The molecule has 0 aliphatic carbocycles. The van der Waals surface area contributed by atoms with Crippen LogP contribution in [0, 0.1) is 19.3 Å². The van der Waals surface area contributed by atoms with E-state index in [1.807, 2.05) is 0 Å². The molecule has 0 unspecified atom stereocenters. The van der Waals surface area contributed by atoms with E-state index in [0.717, 1.165) is 11.9 Å². The molecule has 1 nitrogen and oxygen atoms in total. The van der Waals surface area contributed by atoms with Crippen LogP contribution in [0.5, 0.6) is 0 Å². The molecule has 0 aromatic heterocycles. The molecule has 0 atom stereocenters. The predicted octanol–water partition coefficient (Wildman–Crippen LogP) is 4.94. The Morgan fingerprint density at radius 1 is 1.06 bits per heavy atom. The van der Waals surface area contributed by atoms with Crippen LogP contribution >= 0.6 is 15.9 Å². The van der Waals surface area contributed by atoms with E-state index in [1.54, 1.807) is 0 Å². The summed E-state index contributed by atoms with van der Waals surface area (Å²) in [5.41, 5.74) is 4.40. The lowest BCUT2D eigenvalue weighted by molar-refractivity contribution is 0.316. The Hall–Kier alpha value is -0.500. The minimum atomic E-state index is 0.381. The Morgan fingerprint density at radius 3 is 1.94 bits per heavy atom. The zero-order valence-corrected chi connectivity index (χ0v) is 14.0. The van der Waals surface area contributed by atoms with E-state index >= 15 is 0 Å². The van der Waals surface area contributed by atoms with Crippen molar-refractivity contribution in [1.82, 2.24) is 0 Å². The minimum absolute atomic E-state index is 0.381. The monoisotopic (exact) mass is 311 g/mol. The molecule has 0 fully saturated rings. The number of rotatable bonds is 6. The Morgan fingerprint density at radius 2 is 1.56 bits per heavy atom. The second-order valence-corrected chi connectivity index (χ2v) is 6.10. The van der Waals surface area contributed by atoms with Crippen molar-refractivity contribution in [2.45, 2.75) is 40.5 Å². The molecule has 0 N–H and O–H groups in total. The molecule has 0 spiro atoms. The average Bonchev–Trinajstić information content (AvgIpc) is 2.35. The van der Waals surface area contributed by atoms with Crippen LogP contribution in [0.2, 0.25) is 0 Å². The van der Waals surface area contributed by atoms with E-state index < -0.39 is 0 Å². The number of anilines is 1. The molecule has 1 aromatic carbocycles. The Balaban J connectivity index is 2.90. The standard InChI is InChI=1S/C16H26BrN/c1-6-16(7-2,11-17)12-18(5)15-9-13(3)8-14(4)10-15/h8-10H,6-7,11-12H2,1-5H3. The summed E-state index contributed by atoms with van der Waals surface area (Å²) in [4.78, 5) is 2.40. The van der Waals surface area contributed by atoms with Crippen molar-refractivity contribution >= 4 is 21.6 Å². The third kappa shape index (κ3) is 3.74. The molecule has 18 heavy (non-hydrogen) atoms. The van der Waals surface area contributed by atoms with Crippen molar-refractivity contribution in [3.05, 3.63) is 29.3 Å². The fourth-order valence-electron chi connectivity index (χ4n) is 2.47. The number of hydrogen-bond acceptors (Lipinski definition) is 1. The predicted molar refractivity (Wildman–Crippen MR) is 86.0 cm³/mol. The van der Waals surface area contributed by atoms with Gasteiger partial charge in [0.15, 0.2) is 0 Å². The van der Waals surface area contributed by atoms with Gasteiger partial charge in [-0.1, -0.05) is 35.8 Å². The highest BCUT2D eigenvalue weighted by Gasteiger charge is 2.26. The largest absolute Gasteiger partial charge is 0.374 e. The van der Waals surface area contributed by atoms with Crippen molar-refractivity contribution in [2.75, 3.05) is 23.8 Å². The van der Waals surface area contributed by atoms with Crippen LogP contribution in [0.4, 0.5) is 5.69 Å². The second kappa shape index (κ2) is 6.60. The maximum absolute atomic E-state index is 3.70. The molecule has 0 amide bonds. The van der Waals surface area contributed by atoms with Gasteiger partial charge in [0.25, 0.3) is 0 Å². The molecule has 0 aliphatic heterocycles. The summed E-state index contributed by atoms with van der Waals surface area (Å²) in [6, 6.07) is 6.78. The lowest BCUT2D eigenvalue weighted by Crippen LogP contribution is -2.36. The quantitative estimate of drug-likeness (QED) is 0.672. The van der Waals surface area contributed by atoms with Gasteiger partial charge >= 0.3 is 0 Å². The van der Waals surface area contributed by atoms with E-state index in [-0.39, 0.29) is 0 Å². The molecule has 0 radical (unpaired) electrons. The van der Waals surface area contributed by atoms with Gasteiger partial charge in [0.1, 0.15) is 0 Å². The van der Waals surface area contributed by atoms with Crippen LogP contribution in [0.15, 0.2) is 18.2 Å². The van der Waals surface area contributed by atoms with Crippen molar-refractivity contribution in [3.8, 4) is 0 Å². The lowest BCUT2D eigenvalue weighted by atomic mass is 9.84. The van der Waals surface area contributed by atoms with Gasteiger partial charge in [0.05, 0.1) is 0 Å². The Kier molecular flexibility index (Phi) is 5.71. The zero-order chi connectivity index (χ0) is 13.8. The van der Waals surface area contributed by atoms with E-state index in [1.165, 1.54) is 29.7 Å². The van der Waals surface area contributed by atoms with Crippen molar-refractivity contribution in [1.29, 1.82) is 0 Å². The number of halogens is 1. The maximum Gasteiger partial charge on any atom is 0.0369 e. The van der Waals surface area contributed by atoms with Crippen molar-refractivity contribution in [3.63, 3.8) is 0 Å². The summed E-state index contributed by atoms with van der Waals surface area (Å²) >= 11 is 3.70. The van der Waals surface area contributed by atoms with Crippen LogP contribution in [-0.4, -0.2) is 18.9 Å². The van der Waals surface area contributed by atoms with Gasteiger partial charge in [-0.2, -0.15) is 0 Å². The van der Waals surface area contributed by atoms with E-state index in [4.69, 9.17) is 0 Å². The molecule has 2 heteroatoms. The normalized spacial score (nSPS) is 11.7. The molecule has 0 aliphatic rings. The number of benzene rings is 1. The smallest absolute Gasteiger partial charge is 0.0369 e. The molecule has 1 rings (SSSR count). The summed E-state index contributed by atoms with van der Waals surface area (Å²) in [5.74, 6) is 0. The zero-order valence-electron chi connectivity index (χ0n) is 12.4. The number of alkyl halides is 1. The van der Waals surface area contributed by atoms with Gasteiger partial charge < -0.3 is 4.90 Å². The first kappa shape index (κ1) is 15.6. The highest BCUT2D eigenvalue weighted by Crippen LogP contribution is 2.31. The first-order chi connectivity index (χ1) is 8.46. The minimum Gasteiger partial charge on any atom is -0.374 e. The molecule has 1 aromatic rings. The van der Waals surface area contributed by atoms with Gasteiger partial charge in [0, 0.05) is 24.6 Å². The maximum atomic E-state index is 3.70. The van der Waals surface area contributed by atoms with Gasteiger partial charge in [0.2, 0.25) is 0 Å². The summed E-state index contributed by atoms with van der Waals surface area (Å²) in [5, 5.41) is 1.07. The second-order valence-electron chi connectivity index (χ2n) is 5.54. The highest BCUT2D eigenvalue weighted by molar-refractivity contribution is 9.09. The van der Waals surface area contributed by atoms with Gasteiger partial charge in [-0.25, -0.2) is 0 Å². The summed E-state index contributed by atoms with van der Waals surface area (Å²) in [7, 11) is 2.21. The fourth-order valence-corrected chi connectivity index (χ4v) is 3.44. The highest BCUT2D eigenvalue weighted by atomic mass is 79.9. The molecule has 0 saturated carbocycles. The van der Waals surface area contributed by atoms with Crippen LogP contribution in [0.3, 0.4) is 0 Å². The van der Waals surface area contributed by atoms with Crippen molar-refractivity contribution < 1.29 is 0 Å². The molecule has 0 saturated heterocycles. The van der Waals surface area contributed by atoms with Crippen molar-refractivity contribution in [2.24, 2.45) is 5.41 Å². The van der Waals surface area contributed by atoms with E-state index in [9.17, 15) is 0 Å². The summed E-state index contributed by atoms with van der Waals surface area (Å²) < 4.78 is 0. The molecular formula is C16H26BrN. The van der Waals surface area contributed by atoms with Crippen LogP contribution in [0.25, 0.3) is 0 Å². The van der Waals surface area contributed by atoms with Gasteiger partial charge in [-0.15, -0.1) is 0 Å². The van der Waals surface area contributed by atoms with E-state index in [0.29, 0.717) is 5.41 Å². The Bertz CT molecular complexity index is 354. The van der Waals surface area contributed by atoms with E-state index in [2.05, 4.69) is 73.8 Å². The SMILES string of the molecule is CCC(CC)(CBr)CN(C)c1cc(C)cc(C)c1. The lowest BCUT2D eigenvalue weighted by Gasteiger charge is -2.35. The first-order valence-corrected chi connectivity index (χ1v) is 7.94. The Labute approximate surface area is 121 Å². The summed E-state index contributed by atoms with van der Waals surface area (Å²) in [6.45, 7) is 10.0. The summed E-state index contributed by atoms with van der Waals surface area (Å²) in [6.07, 6.45) is 2.42. The number of nitrogens with zero attached hydrogens (tertiary/aromatic N) is 1. The molecule has 0 heterocycles. The third-order valence-electron chi connectivity index (χ3n) is 4.00. The topological polar surface area (TPSA) is 3.24 Å². The third-order valence-corrected chi connectivity index (χ3v) is 5.19. The van der Waals surface area contributed by atoms with Gasteiger partial charge in [-0.3, -0.25) is 0 Å².